The normalized spacial score (nSPS) is 11.0. The average molecular weight is 300 g/mol. The molecule has 2 aromatic heterocycles. The number of nitrogen functional groups attached to an aromatic ring is 1. The summed E-state index contributed by atoms with van der Waals surface area (Å²) in [5.41, 5.74) is 12.1. The van der Waals surface area contributed by atoms with Crippen molar-refractivity contribution in [3.05, 3.63) is 66.2 Å². The number of aryl methyl sites for hydroxylation is 1. The van der Waals surface area contributed by atoms with E-state index in [1.54, 1.807) is 0 Å². The van der Waals surface area contributed by atoms with Gasteiger partial charge in [-0.05, 0) is 24.1 Å². The van der Waals surface area contributed by atoms with E-state index in [1.807, 2.05) is 30.3 Å². The molecule has 3 N–H and O–H groups in total. The third-order valence-corrected chi connectivity index (χ3v) is 3.99. The van der Waals surface area contributed by atoms with E-state index < -0.39 is 0 Å². The molecule has 0 spiro atoms. The molecule has 0 aliphatic carbocycles. The zero-order valence-electron chi connectivity index (χ0n) is 12.7. The van der Waals surface area contributed by atoms with E-state index in [4.69, 9.17) is 5.73 Å². The van der Waals surface area contributed by atoms with Gasteiger partial charge in [-0.2, -0.15) is 5.10 Å². The molecule has 23 heavy (non-hydrogen) atoms. The minimum absolute atomic E-state index is 0.475. The molecule has 0 bridgehead atoms. The van der Waals surface area contributed by atoms with Crippen LogP contribution in [0.4, 0.5) is 5.82 Å². The predicted octanol–water partition coefficient (Wildman–Crippen LogP) is 4.18. The number of aromatic amines is 1. The highest BCUT2D eigenvalue weighted by Gasteiger charge is 2.14. The molecule has 0 amide bonds. The average Bonchev–Trinajstić information content (AvgIpc) is 2.97. The molecule has 0 saturated heterocycles. The SMILES string of the molecule is Cc1ccc(-c2cc(-c3ccccc3)nc3[nH]nc(N)c23)cc1. The van der Waals surface area contributed by atoms with Crippen LogP contribution in [0.25, 0.3) is 33.4 Å². The van der Waals surface area contributed by atoms with Gasteiger partial charge in [-0.1, -0.05) is 60.2 Å². The quantitative estimate of drug-likeness (QED) is 0.583. The predicted molar refractivity (Wildman–Crippen MR) is 93.9 cm³/mol. The fraction of sp³-hybridized carbons (Fsp3) is 0.0526. The minimum atomic E-state index is 0.475. The van der Waals surface area contributed by atoms with Crippen molar-refractivity contribution in [2.45, 2.75) is 6.92 Å². The van der Waals surface area contributed by atoms with Crippen LogP contribution in [0, 0.1) is 6.92 Å². The van der Waals surface area contributed by atoms with Crippen molar-refractivity contribution in [2.75, 3.05) is 5.73 Å². The molecular weight excluding hydrogens is 284 g/mol. The van der Waals surface area contributed by atoms with Crippen molar-refractivity contribution in [3.8, 4) is 22.4 Å². The second kappa shape index (κ2) is 5.25. The fourth-order valence-corrected chi connectivity index (χ4v) is 2.77. The standard InChI is InChI=1S/C19H16N4/c1-12-7-9-13(10-8-12)15-11-16(14-5-3-2-4-6-14)21-19-17(15)18(20)22-23-19/h2-11H,1H3,(H3,20,21,22,23). The molecular formula is C19H16N4. The number of anilines is 1. The Morgan fingerprint density at radius 1 is 0.913 bits per heavy atom. The molecule has 4 rings (SSSR count). The zero-order chi connectivity index (χ0) is 15.8. The van der Waals surface area contributed by atoms with Gasteiger partial charge in [-0.3, -0.25) is 5.10 Å². The van der Waals surface area contributed by atoms with Crippen LogP contribution in [-0.2, 0) is 0 Å². The van der Waals surface area contributed by atoms with E-state index >= 15 is 0 Å². The van der Waals surface area contributed by atoms with Crippen molar-refractivity contribution in [1.29, 1.82) is 0 Å². The largest absolute Gasteiger partial charge is 0.382 e. The van der Waals surface area contributed by atoms with E-state index in [1.165, 1.54) is 5.56 Å². The van der Waals surface area contributed by atoms with Gasteiger partial charge in [-0.25, -0.2) is 4.98 Å². The smallest absolute Gasteiger partial charge is 0.158 e. The lowest BCUT2D eigenvalue weighted by Gasteiger charge is -2.08. The van der Waals surface area contributed by atoms with Crippen LogP contribution in [0.3, 0.4) is 0 Å². The molecule has 0 unspecified atom stereocenters. The van der Waals surface area contributed by atoms with Gasteiger partial charge in [0.2, 0.25) is 0 Å². The summed E-state index contributed by atoms with van der Waals surface area (Å²) in [6, 6.07) is 20.6. The van der Waals surface area contributed by atoms with Crippen molar-refractivity contribution in [1.82, 2.24) is 15.2 Å². The molecule has 2 aromatic carbocycles. The summed E-state index contributed by atoms with van der Waals surface area (Å²) in [6.45, 7) is 2.08. The molecule has 0 fully saturated rings. The van der Waals surface area contributed by atoms with Gasteiger partial charge in [0.15, 0.2) is 11.5 Å². The van der Waals surface area contributed by atoms with Crippen LogP contribution in [0.2, 0.25) is 0 Å². The van der Waals surface area contributed by atoms with Crippen LogP contribution in [-0.4, -0.2) is 15.2 Å². The first-order valence-corrected chi connectivity index (χ1v) is 7.49. The van der Waals surface area contributed by atoms with E-state index in [0.717, 1.165) is 27.8 Å². The number of benzene rings is 2. The first kappa shape index (κ1) is 13.5. The van der Waals surface area contributed by atoms with Crippen LogP contribution in [0.5, 0.6) is 0 Å². The number of aromatic nitrogens is 3. The van der Waals surface area contributed by atoms with Crippen LogP contribution in [0.1, 0.15) is 5.56 Å². The van der Waals surface area contributed by atoms with Gasteiger partial charge < -0.3 is 5.73 Å². The summed E-state index contributed by atoms with van der Waals surface area (Å²) in [5.74, 6) is 0.475. The van der Waals surface area contributed by atoms with E-state index in [9.17, 15) is 0 Å². The Morgan fingerprint density at radius 2 is 1.65 bits per heavy atom. The van der Waals surface area contributed by atoms with Gasteiger partial charge in [0.1, 0.15) is 0 Å². The summed E-state index contributed by atoms with van der Waals surface area (Å²) >= 11 is 0. The number of pyridine rings is 1. The summed E-state index contributed by atoms with van der Waals surface area (Å²) < 4.78 is 0. The second-order valence-electron chi connectivity index (χ2n) is 5.62. The van der Waals surface area contributed by atoms with Crippen LogP contribution >= 0.6 is 0 Å². The number of hydrogen-bond acceptors (Lipinski definition) is 3. The van der Waals surface area contributed by atoms with Crippen molar-refractivity contribution < 1.29 is 0 Å². The maximum absolute atomic E-state index is 6.05. The van der Waals surface area contributed by atoms with Crippen molar-refractivity contribution in [2.24, 2.45) is 0 Å². The maximum Gasteiger partial charge on any atom is 0.158 e. The Hall–Kier alpha value is -3.14. The summed E-state index contributed by atoms with van der Waals surface area (Å²) in [4.78, 5) is 4.67. The highest BCUT2D eigenvalue weighted by molar-refractivity contribution is 6.01. The molecule has 4 aromatic rings. The number of rotatable bonds is 2. The molecule has 4 heteroatoms. The van der Waals surface area contributed by atoms with Gasteiger partial charge in [-0.15, -0.1) is 0 Å². The molecule has 4 nitrogen and oxygen atoms in total. The molecule has 0 atom stereocenters. The number of fused-ring (bicyclic) bond motifs is 1. The number of nitrogens with zero attached hydrogens (tertiary/aromatic N) is 2. The molecule has 0 aliphatic heterocycles. The van der Waals surface area contributed by atoms with E-state index in [2.05, 4.69) is 52.4 Å². The molecule has 2 heterocycles. The third-order valence-electron chi connectivity index (χ3n) is 3.99. The lowest BCUT2D eigenvalue weighted by Crippen LogP contribution is -1.91. The zero-order valence-corrected chi connectivity index (χ0v) is 12.7. The molecule has 0 aliphatic rings. The van der Waals surface area contributed by atoms with Crippen molar-refractivity contribution in [3.63, 3.8) is 0 Å². The second-order valence-corrected chi connectivity index (χ2v) is 5.62. The Balaban J connectivity index is 2.01. The Labute approximate surface area is 134 Å². The number of H-pyrrole nitrogens is 1. The third kappa shape index (κ3) is 2.34. The van der Waals surface area contributed by atoms with Gasteiger partial charge in [0.25, 0.3) is 0 Å². The van der Waals surface area contributed by atoms with Crippen LogP contribution < -0.4 is 5.73 Å². The van der Waals surface area contributed by atoms with Crippen molar-refractivity contribution >= 4 is 16.9 Å². The summed E-state index contributed by atoms with van der Waals surface area (Å²) in [7, 11) is 0. The van der Waals surface area contributed by atoms with E-state index in [0.29, 0.717) is 11.5 Å². The first-order chi connectivity index (χ1) is 11.2. The highest BCUT2D eigenvalue weighted by atomic mass is 15.2. The van der Waals surface area contributed by atoms with Gasteiger partial charge >= 0.3 is 0 Å². The Kier molecular flexibility index (Phi) is 3.08. The van der Waals surface area contributed by atoms with E-state index in [-0.39, 0.29) is 0 Å². The van der Waals surface area contributed by atoms with Crippen LogP contribution in [0.15, 0.2) is 60.7 Å². The number of nitrogens with two attached hydrogens (primary N) is 1. The van der Waals surface area contributed by atoms with Gasteiger partial charge in [0.05, 0.1) is 11.1 Å². The number of nitrogens with one attached hydrogen (secondary N) is 1. The lowest BCUT2D eigenvalue weighted by molar-refractivity contribution is 1.11. The molecule has 0 saturated carbocycles. The fourth-order valence-electron chi connectivity index (χ4n) is 2.77. The summed E-state index contributed by atoms with van der Waals surface area (Å²) in [5, 5.41) is 7.93. The topological polar surface area (TPSA) is 67.6 Å². The minimum Gasteiger partial charge on any atom is -0.382 e. The monoisotopic (exact) mass is 300 g/mol. The lowest BCUT2D eigenvalue weighted by atomic mass is 9.99. The number of hydrogen-bond donors (Lipinski definition) is 2. The maximum atomic E-state index is 6.05. The Bertz CT molecular complexity index is 970. The first-order valence-electron chi connectivity index (χ1n) is 7.49. The Morgan fingerprint density at radius 3 is 2.39 bits per heavy atom. The summed E-state index contributed by atoms with van der Waals surface area (Å²) in [6.07, 6.45) is 0. The molecule has 0 radical (unpaired) electrons. The molecule has 112 valence electrons. The van der Waals surface area contributed by atoms with Gasteiger partial charge in [0, 0.05) is 5.56 Å². The highest BCUT2D eigenvalue weighted by Crippen LogP contribution is 2.34.